The number of nitrogens with one attached hydrogen (secondary N) is 1. The van der Waals surface area contributed by atoms with Crippen molar-refractivity contribution in [3.05, 3.63) is 22.6 Å². The molecule has 4 rings (SSSR count). The van der Waals surface area contributed by atoms with Gasteiger partial charge in [-0.25, -0.2) is 15.0 Å². The number of aromatic nitrogens is 4. The van der Waals surface area contributed by atoms with Crippen LogP contribution in [0.3, 0.4) is 0 Å². The Balaban J connectivity index is 1.86. The van der Waals surface area contributed by atoms with Crippen molar-refractivity contribution in [2.24, 2.45) is 0 Å². The molecule has 1 aliphatic rings. The van der Waals surface area contributed by atoms with E-state index in [1.54, 1.807) is 11.3 Å². The van der Waals surface area contributed by atoms with Crippen LogP contribution in [0.1, 0.15) is 35.8 Å². The summed E-state index contributed by atoms with van der Waals surface area (Å²) in [6, 6.07) is 2.14. The lowest BCUT2D eigenvalue weighted by molar-refractivity contribution is 0.574. The molecule has 3 aromatic rings. The van der Waals surface area contributed by atoms with Gasteiger partial charge in [0.05, 0.1) is 26.8 Å². The van der Waals surface area contributed by atoms with Crippen LogP contribution < -0.4 is 4.90 Å². The van der Waals surface area contributed by atoms with E-state index in [0.717, 1.165) is 52.2 Å². The molecule has 1 saturated heterocycles. The molecule has 0 aliphatic carbocycles. The smallest absolute Gasteiger partial charge is 0.156 e. The number of aromatic amines is 1. The predicted molar refractivity (Wildman–Crippen MR) is 95.3 cm³/mol. The normalized spacial score (nSPS) is 15.5. The fourth-order valence-corrected chi connectivity index (χ4v) is 4.24. The Morgan fingerprint density at radius 1 is 1.04 bits per heavy atom. The number of thiazole rings is 1. The van der Waals surface area contributed by atoms with Crippen LogP contribution in [0.4, 0.5) is 5.82 Å². The third-order valence-corrected chi connectivity index (χ3v) is 5.48. The van der Waals surface area contributed by atoms with Crippen LogP contribution in [0, 0.1) is 20.8 Å². The van der Waals surface area contributed by atoms with E-state index in [-0.39, 0.29) is 0 Å². The molecule has 0 unspecified atom stereocenters. The van der Waals surface area contributed by atoms with Crippen molar-refractivity contribution in [3.63, 3.8) is 0 Å². The molecule has 3 aromatic heterocycles. The lowest BCUT2D eigenvalue weighted by Gasteiger charge is -2.28. The van der Waals surface area contributed by atoms with Gasteiger partial charge in [-0.05, 0) is 46.1 Å². The van der Waals surface area contributed by atoms with Gasteiger partial charge in [-0.3, -0.25) is 0 Å². The number of fused-ring (bicyclic) bond motifs is 1. The molecule has 1 N–H and O–H groups in total. The second kappa shape index (κ2) is 5.60. The second-order valence-corrected chi connectivity index (χ2v) is 7.44. The van der Waals surface area contributed by atoms with Gasteiger partial charge in [0.25, 0.3) is 0 Å². The first-order chi connectivity index (χ1) is 11.1. The number of piperidine rings is 1. The van der Waals surface area contributed by atoms with Gasteiger partial charge in [-0.2, -0.15) is 0 Å². The van der Waals surface area contributed by atoms with E-state index in [1.165, 1.54) is 24.1 Å². The molecule has 5 nitrogen and oxygen atoms in total. The SMILES string of the molecule is Cc1nc(N2CCCCC2)c2[nH]c(-c3sc(C)nc3C)cc2n1. The van der Waals surface area contributed by atoms with E-state index < -0.39 is 0 Å². The van der Waals surface area contributed by atoms with Crippen LogP contribution in [-0.4, -0.2) is 33.0 Å². The maximum absolute atomic E-state index is 4.73. The molecule has 120 valence electrons. The zero-order valence-corrected chi connectivity index (χ0v) is 14.6. The Morgan fingerprint density at radius 3 is 2.52 bits per heavy atom. The van der Waals surface area contributed by atoms with Crippen LogP contribution >= 0.6 is 11.3 Å². The Morgan fingerprint density at radius 2 is 1.83 bits per heavy atom. The van der Waals surface area contributed by atoms with E-state index in [0.29, 0.717) is 0 Å². The van der Waals surface area contributed by atoms with Crippen molar-refractivity contribution in [1.29, 1.82) is 0 Å². The number of aryl methyl sites for hydroxylation is 3. The van der Waals surface area contributed by atoms with Crippen LogP contribution in [0.15, 0.2) is 6.07 Å². The summed E-state index contributed by atoms with van der Waals surface area (Å²) in [5, 5.41) is 1.09. The molecule has 1 fully saturated rings. The molecule has 1 aliphatic heterocycles. The molecule has 0 radical (unpaired) electrons. The first kappa shape index (κ1) is 14.6. The highest BCUT2D eigenvalue weighted by Crippen LogP contribution is 2.34. The highest BCUT2D eigenvalue weighted by atomic mass is 32.1. The van der Waals surface area contributed by atoms with Crippen LogP contribution in [0.2, 0.25) is 0 Å². The maximum atomic E-state index is 4.73. The Bertz CT molecular complexity index is 857. The number of anilines is 1. The summed E-state index contributed by atoms with van der Waals surface area (Å²) < 4.78 is 0. The minimum absolute atomic E-state index is 0.834. The molecule has 6 heteroatoms. The summed E-state index contributed by atoms with van der Waals surface area (Å²) >= 11 is 1.72. The summed E-state index contributed by atoms with van der Waals surface area (Å²) in [5.41, 5.74) is 4.22. The second-order valence-electron chi connectivity index (χ2n) is 6.23. The quantitative estimate of drug-likeness (QED) is 0.773. The molecule has 4 heterocycles. The summed E-state index contributed by atoms with van der Waals surface area (Å²) in [6.07, 6.45) is 3.80. The fourth-order valence-electron chi connectivity index (χ4n) is 3.35. The van der Waals surface area contributed by atoms with E-state index in [4.69, 9.17) is 4.98 Å². The first-order valence-electron chi connectivity index (χ1n) is 8.18. The van der Waals surface area contributed by atoms with Crippen LogP contribution in [0.5, 0.6) is 0 Å². The number of nitrogens with zero attached hydrogens (tertiary/aromatic N) is 4. The van der Waals surface area contributed by atoms with Crippen molar-refractivity contribution in [1.82, 2.24) is 19.9 Å². The Labute approximate surface area is 139 Å². The van der Waals surface area contributed by atoms with Crippen molar-refractivity contribution in [3.8, 4) is 10.6 Å². The van der Waals surface area contributed by atoms with Gasteiger partial charge in [0.1, 0.15) is 11.3 Å². The highest BCUT2D eigenvalue weighted by Gasteiger charge is 2.19. The molecule has 0 atom stereocenters. The van der Waals surface area contributed by atoms with Crippen LogP contribution in [-0.2, 0) is 0 Å². The Kier molecular flexibility index (Phi) is 3.56. The molecule has 23 heavy (non-hydrogen) atoms. The number of H-pyrrole nitrogens is 1. The molecular formula is C17H21N5S. The topological polar surface area (TPSA) is 57.7 Å². The average Bonchev–Trinajstić information content (AvgIpc) is 3.09. The van der Waals surface area contributed by atoms with Gasteiger partial charge in [-0.15, -0.1) is 11.3 Å². The van der Waals surface area contributed by atoms with E-state index >= 15 is 0 Å². The van der Waals surface area contributed by atoms with E-state index in [2.05, 4.69) is 32.8 Å². The summed E-state index contributed by atoms with van der Waals surface area (Å²) in [5.74, 6) is 1.89. The molecule has 0 spiro atoms. The maximum Gasteiger partial charge on any atom is 0.156 e. The largest absolute Gasteiger partial charge is 0.355 e. The van der Waals surface area contributed by atoms with Gasteiger partial charge < -0.3 is 9.88 Å². The standard InChI is InChI=1S/C17H21N5S/c1-10-16(23-12(3)18-10)14-9-13-15(21-14)17(20-11(2)19-13)22-7-5-4-6-8-22/h9,21H,4-8H2,1-3H3. The van der Waals surface area contributed by atoms with Crippen molar-refractivity contribution in [2.75, 3.05) is 18.0 Å². The number of rotatable bonds is 2. The molecule has 0 bridgehead atoms. The van der Waals surface area contributed by atoms with Gasteiger partial charge in [0, 0.05) is 13.1 Å². The summed E-state index contributed by atoms with van der Waals surface area (Å²) in [7, 11) is 0. The summed E-state index contributed by atoms with van der Waals surface area (Å²) in [4.78, 5) is 21.1. The van der Waals surface area contributed by atoms with Gasteiger partial charge >= 0.3 is 0 Å². The van der Waals surface area contributed by atoms with Gasteiger partial charge in [0.15, 0.2) is 5.82 Å². The fraction of sp³-hybridized carbons (Fsp3) is 0.471. The zero-order valence-electron chi connectivity index (χ0n) is 13.8. The molecular weight excluding hydrogens is 306 g/mol. The molecule has 0 aromatic carbocycles. The van der Waals surface area contributed by atoms with Gasteiger partial charge in [-0.1, -0.05) is 0 Å². The predicted octanol–water partition coefficient (Wildman–Crippen LogP) is 4.00. The molecule has 0 saturated carbocycles. The van der Waals surface area contributed by atoms with Crippen molar-refractivity contribution in [2.45, 2.75) is 40.0 Å². The third kappa shape index (κ3) is 2.61. The monoisotopic (exact) mass is 327 g/mol. The van der Waals surface area contributed by atoms with E-state index in [1.807, 2.05) is 13.8 Å². The van der Waals surface area contributed by atoms with Crippen molar-refractivity contribution < 1.29 is 0 Å². The van der Waals surface area contributed by atoms with E-state index in [9.17, 15) is 0 Å². The highest BCUT2D eigenvalue weighted by molar-refractivity contribution is 7.15. The number of hydrogen-bond donors (Lipinski definition) is 1. The zero-order chi connectivity index (χ0) is 16.0. The van der Waals surface area contributed by atoms with Gasteiger partial charge in [0.2, 0.25) is 0 Å². The molecule has 0 amide bonds. The van der Waals surface area contributed by atoms with Crippen molar-refractivity contribution >= 4 is 28.2 Å². The average molecular weight is 327 g/mol. The Hall–Kier alpha value is -1.95. The lowest BCUT2D eigenvalue weighted by atomic mass is 10.1. The minimum atomic E-state index is 0.834. The third-order valence-electron chi connectivity index (χ3n) is 4.37. The minimum Gasteiger partial charge on any atom is -0.355 e. The first-order valence-corrected chi connectivity index (χ1v) is 9.00. The van der Waals surface area contributed by atoms with Crippen LogP contribution in [0.25, 0.3) is 21.6 Å². The lowest BCUT2D eigenvalue weighted by Crippen LogP contribution is -2.30. The summed E-state index contributed by atoms with van der Waals surface area (Å²) in [6.45, 7) is 8.25. The number of hydrogen-bond acceptors (Lipinski definition) is 5.